The molecule has 2 heterocycles. The van der Waals surface area contributed by atoms with Crippen molar-refractivity contribution in [3.05, 3.63) is 9.75 Å². The average Bonchev–Trinajstić information content (AvgIpc) is 2.86. The quantitative estimate of drug-likeness (QED) is 0.524. The summed E-state index contributed by atoms with van der Waals surface area (Å²) < 4.78 is 47.4. The molecule has 6 nitrogen and oxygen atoms in total. The Morgan fingerprint density at radius 3 is 2.79 bits per heavy atom. The first kappa shape index (κ1) is 19.5. The van der Waals surface area contributed by atoms with E-state index in [1.54, 1.807) is 11.3 Å². The molecule has 1 aromatic rings. The van der Waals surface area contributed by atoms with Crippen LogP contribution in [0.5, 0.6) is 11.5 Å². The summed E-state index contributed by atoms with van der Waals surface area (Å²) in [4.78, 5) is 2.37. The molecule has 24 heavy (non-hydrogen) atoms. The Bertz CT molecular complexity index is 637. The first-order valence-corrected chi connectivity index (χ1v) is 10.7. The van der Waals surface area contributed by atoms with Gasteiger partial charge < -0.3 is 14.2 Å². The highest BCUT2D eigenvalue weighted by molar-refractivity contribution is 7.85. The molecule has 0 amide bonds. The molecule has 0 spiro atoms. The summed E-state index contributed by atoms with van der Waals surface area (Å²) in [6.45, 7) is 7.68. The molecule has 0 fully saturated rings. The minimum absolute atomic E-state index is 0.155. The Morgan fingerprint density at radius 2 is 2.12 bits per heavy atom. The van der Waals surface area contributed by atoms with Gasteiger partial charge in [0.1, 0.15) is 6.61 Å². The van der Waals surface area contributed by atoms with Crippen LogP contribution >= 0.6 is 11.3 Å². The molecule has 0 saturated carbocycles. The van der Waals surface area contributed by atoms with Gasteiger partial charge in [0.15, 0.2) is 17.6 Å². The van der Waals surface area contributed by atoms with E-state index in [4.69, 9.17) is 18.8 Å². The van der Waals surface area contributed by atoms with Crippen LogP contribution in [0.15, 0.2) is 0 Å². The minimum atomic E-state index is -3.88. The van der Waals surface area contributed by atoms with Crippen LogP contribution in [-0.4, -0.2) is 44.6 Å². The highest BCUT2D eigenvalue weighted by Gasteiger charge is 2.29. The summed E-state index contributed by atoms with van der Waals surface area (Å²) in [5, 5.41) is 0. The van der Waals surface area contributed by atoms with E-state index >= 15 is 0 Å². The van der Waals surface area contributed by atoms with E-state index in [1.807, 2.05) is 6.92 Å². The molecule has 0 bridgehead atoms. The topological polar surface area (TPSA) is 82.1 Å². The van der Waals surface area contributed by atoms with Gasteiger partial charge in [-0.05, 0) is 32.1 Å². The lowest BCUT2D eigenvalue weighted by atomic mass is 10.1. The fourth-order valence-corrected chi connectivity index (χ4v) is 4.22. The number of aryl methyl sites for hydroxylation is 1. The second kappa shape index (κ2) is 8.51. The number of hydrogen-bond donors (Lipinski definition) is 1. The van der Waals surface area contributed by atoms with Crippen molar-refractivity contribution in [1.29, 1.82) is 0 Å². The van der Waals surface area contributed by atoms with Gasteiger partial charge in [0, 0.05) is 11.5 Å². The van der Waals surface area contributed by atoms with Crippen LogP contribution in [0.4, 0.5) is 0 Å². The van der Waals surface area contributed by atoms with Crippen LogP contribution in [0.1, 0.15) is 48.8 Å². The third-order valence-electron chi connectivity index (χ3n) is 4.02. The van der Waals surface area contributed by atoms with Gasteiger partial charge in [-0.3, -0.25) is 4.55 Å². The highest BCUT2D eigenvalue weighted by atomic mass is 32.2. The summed E-state index contributed by atoms with van der Waals surface area (Å²) in [5.41, 5.74) is 0. The van der Waals surface area contributed by atoms with E-state index in [1.165, 1.54) is 4.88 Å². The van der Waals surface area contributed by atoms with Crippen molar-refractivity contribution >= 4 is 21.5 Å². The lowest BCUT2D eigenvalue weighted by molar-refractivity contribution is 0.00795. The molecule has 0 radical (unpaired) electrons. The minimum Gasteiger partial charge on any atom is -0.485 e. The maximum atomic E-state index is 10.6. The van der Waals surface area contributed by atoms with Gasteiger partial charge in [0.2, 0.25) is 0 Å². The third-order valence-corrected chi connectivity index (χ3v) is 6.12. The summed E-state index contributed by atoms with van der Waals surface area (Å²) in [6.07, 6.45) is 1.87. The molecule has 0 aromatic carbocycles. The maximum Gasteiger partial charge on any atom is 0.264 e. The third kappa shape index (κ3) is 5.34. The van der Waals surface area contributed by atoms with Crippen LogP contribution in [0.25, 0.3) is 0 Å². The van der Waals surface area contributed by atoms with Crippen molar-refractivity contribution in [1.82, 2.24) is 0 Å². The monoisotopic (exact) mass is 378 g/mol. The van der Waals surface area contributed by atoms with E-state index in [-0.39, 0.29) is 11.9 Å². The van der Waals surface area contributed by atoms with Crippen molar-refractivity contribution in [2.24, 2.45) is 0 Å². The summed E-state index contributed by atoms with van der Waals surface area (Å²) in [7, 11) is -3.88. The summed E-state index contributed by atoms with van der Waals surface area (Å²) in [5.74, 6) is 1.95. The lowest BCUT2D eigenvalue weighted by Gasteiger charge is -2.26. The number of rotatable bonds is 9. The predicted molar refractivity (Wildman–Crippen MR) is 94.1 cm³/mol. The Morgan fingerprint density at radius 1 is 1.38 bits per heavy atom. The molecule has 2 unspecified atom stereocenters. The summed E-state index contributed by atoms with van der Waals surface area (Å²) >= 11 is 1.73. The van der Waals surface area contributed by atoms with Crippen molar-refractivity contribution in [2.75, 3.05) is 25.6 Å². The largest absolute Gasteiger partial charge is 0.485 e. The zero-order valence-electron chi connectivity index (χ0n) is 14.4. The molecular formula is C16H26O6S2. The van der Waals surface area contributed by atoms with Crippen molar-refractivity contribution < 1.29 is 27.2 Å². The zero-order valence-corrected chi connectivity index (χ0v) is 16.0. The molecular weight excluding hydrogens is 352 g/mol. The molecule has 1 aliphatic heterocycles. The predicted octanol–water partition coefficient (Wildman–Crippen LogP) is 3.39. The summed E-state index contributed by atoms with van der Waals surface area (Å²) in [6, 6.07) is 0. The molecule has 138 valence electrons. The number of ether oxygens (including phenoxy) is 3. The zero-order chi connectivity index (χ0) is 17.7. The van der Waals surface area contributed by atoms with Gasteiger partial charge in [-0.2, -0.15) is 8.42 Å². The Balaban J connectivity index is 1.78. The molecule has 1 N–H and O–H groups in total. The van der Waals surface area contributed by atoms with E-state index in [0.717, 1.165) is 22.8 Å². The average molecular weight is 379 g/mol. The van der Waals surface area contributed by atoms with E-state index in [0.29, 0.717) is 38.6 Å². The molecule has 0 aliphatic carbocycles. The van der Waals surface area contributed by atoms with Crippen LogP contribution < -0.4 is 9.47 Å². The van der Waals surface area contributed by atoms with Crippen molar-refractivity contribution in [3.8, 4) is 11.5 Å². The normalized spacial score (nSPS) is 18.6. The van der Waals surface area contributed by atoms with Crippen LogP contribution in [-0.2, 0) is 14.9 Å². The fraction of sp³-hybridized carbons (Fsp3) is 0.750. The second-order valence-electron chi connectivity index (χ2n) is 6.11. The van der Waals surface area contributed by atoms with Crippen molar-refractivity contribution in [2.45, 2.75) is 52.1 Å². The number of fused-ring (bicyclic) bond motifs is 1. The number of unbranched alkanes of at least 4 members (excludes halogenated alkanes) is 1. The molecule has 1 aliphatic rings. The Labute approximate surface area is 147 Å². The fourth-order valence-electron chi connectivity index (χ4n) is 2.47. The van der Waals surface area contributed by atoms with Crippen LogP contribution in [0, 0.1) is 6.92 Å². The number of thiophene rings is 1. The SMILES string of the molecule is CCC(C)c1sc(C)c2c1OCC(COCCCCS(=O)(=O)O)O2. The number of hydrogen-bond acceptors (Lipinski definition) is 6. The van der Waals surface area contributed by atoms with Gasteiger partial charge in [0.25, 0.3) is 10.1 Å². The molecule has 2 atom stereocenters. The van der Waals surface area contributed by atoms with E-state index in [2.05, 4.69) is 13.8 Å². The smallest absolute Gasteiger partial charge is 0.264 e. The van der Waals surface area contributed by atoms with Gasteiger partial charge in [0.05, 0.1) is 17.2 Å². The molecule has 2 rings (SSSR count). The lowest BCUT2D eigenvalue weighted by Crippen LogP contribution is -2.33. The van der Waals surface area contributed by atoms with E-state index < -0.39 is 10.1 Å². The molecule has 0 saturated heterocycles. The van der Waals surface area contributed by atoms with E-state index in [9.17, 15) is 8.42 Å². The first-order valence-electron chi connectivity index (χ1n) is 8.27. The molecule has 1 aromatic heterocycles. The standard InChI is InChI=1S/C16H26O6S2/c1-4-11(2)16-15-14(12(3)23-16)22-13(10-21-15)9-20-7-5-6-8-24(17,18)19/h11,13H,4-10H2,1-3H3,(H,17,18,19). The van der Waals surface area contributed by atoms with Gasteiger partial charge in [-0.25, -0.2) is 0 Å². The second-order valence-corrected chi connectivity index (χ2v) is 8.94. The highest BCUT2D eigenvalue weighted by Crippen LogP contribution is 2.48. The van der Waals surface area contributed by atoms with Crippen LogP contribution in [0.3, 0.4) is 0 Å². The molecule has 8 heteroatoms. The maximum absolute atomic E-state index is 10.6. The van der Waals surface area contributed by atoms with Gasteiger partial charge in [-0.1, -0.05) is 13.8 Å². The van der Waals surface area contributed by atoms with Crippen LogP contribution in [0.2, 0.25) is 0 Å². The Kier molecular flexibility index (Phi) is 6.91. The van der Waals surface area contributed by atoms with Gasteiger partial charge in [-0.15, -0.1) is 11.3 Å². The first-order chi connectivity index (χ1) is 11.3. The van der Waals surface area contributed by atoms with Crippen molar-refractivity contribution in [3.63, 3.8) is 0 Å². The Hall–Kier alpha value is -0.830. The van der Waals surface area contributed by atoms with Gasteiger partial charge >= 0.3 is 0 Å².